The van der Waals surface area contributed by atoms with Crippen molar-refractivity contribution in [2.45, 2.75) is 149 Å². The van der Waals surface area contributed by atoms with Gasteiger partial charge >= 0.3 is 0 Å². The lowest BCUT2D eigenvalue weighted by Gasteiger charge is -2.52. The van der Waals surface area contributed by atoms with Crippen molar-refractivity contribution in [1.82, 2.24) is 20.7 Å². The summed E-state index contributed by atoms with van der Waals surface area (Å²) in [6.45, 7) is 16.7. The van der Waals surface area contributed by atoms with E-state index in [0.29, 0.717) is 55.5 Å². The number of hydrazine groups is 1. The second-order valence-electron chi connectivity index (χ2n) is 17.2. The lowest BCUT2D eigenvalue weighted by molar-refractivity contribution is -0.157. The minimum Gasteiger partial charge on any atom is -0.392 e. The molecule has 0 aromatic heterocycles. The number of aliphatic hydroxyl groups excluding tert-OH is 1. The number of methoxy groups -OCH3 is 1. The lowest BCUT2D eigenvalue weighted by atomic mass is 9.77. The summed E-state index contributed by atoms with van der Waals surface area (Å²) < 4.78 is 57.7. The topological polar surface area (TPSA) is 116 Å². The van der Waals surface area contributed by atoms with Crippen LogP contribution in [0.4, 0.5) is 13.2 Å². The first kappa shape index (κ1) is 49.0. The molecule has 0 fully saturated rings. The van der Waals surface area contributed by atoms with Gasteiger partial charge in [-0.1, -0.05) is 79.5 Å². The minimum atomic E-state index is -1.74. The standard InChI is InChI=1S/C45H70F3N5O5/c1-12-17-31(28-57-11)58-38-21-19-30(34(46)25-35(38)47)26-53-42(56)40(33(27-54)45(15-4,23-13-2)52(53)10)41(55)51-37(18-16-24-43(5,6)7)32(14-3)36-20-22-39(44(8,9)48)50-29-49-36/h16,18-20,22,25,31,35,38-39,50,54H,12-15,17,21,23-24,26-29H2,1-11H3,(H,51,55)/b18-16-,37-32-. The first-order chi connectivity index (χ1) is 27.3. The van der Waals surface area contributed by atoms with Gasteiger partial charge in [0.2, 0.25) is 0 Å². The third-order valence-electron chi connectivity index (χ3n) is 11.1. The van der Waals surface area contributed by atoms with Crippen LogP contribution in [0.5, 0.6) is 0 Å². The summed E-state index contributed by atoms with van der Waals surface area (Å²) in [5, 5.41) is 20.2. The fourth-order valence-corrected chi connectivity index (χ4v) is 7.90. The maximum absolute atomic E-state index is 15.9. The van der Waals surface area contributed by atoms with Crippen LogP contribution in [-0.2, 0) is 19.1 Å². The van der Waals surface area contributed by atoms with Crippen LogP contribution in [0.15, 0.2) is 75.3 Å². The fourth-order valence-electron chi connectivity index (χ4n) is 7.90. The van der Waals surface area contributed by atoms with Gasteiger partial charge in [-0.15, -0.1) is 0 Å². The van der Waals surface area contributed by atoms with E-state index in [1.54, 1.807) is 37.4 Å². The molecule has 2 aliphatic heterocycles. The molecule has 2 heterocycles. The fraction of sp³-hybridized carbons (Fsp3) is 0.667. The number of nitrogens with one attached hydrogen (secondary N) is 2. The predicted molar refractivity (Wildman–Crippen MR) is 226 cm³/mol. The largest absolute Gasteiger partial charge is 0.392 e. The smallest absolute Gasteiger partial charge is 0.274 e. The summed E-state index contributed by atoms with van der Waals surface area (Å²) in [5.41, 5.74) is -0.841. The van der Waals surface area contributed by atoms with Crippen LogP contribution in [0, 0.1) is 5.41 Å². The third-order valence-corrected chi connectivity index (χ3v) is 11.1. The maximum Gasteiger partial charge on any atom is 0.274 e. The van der Waals surface area contributed by atoms with Crippen molar-refractivity contribution in [3.8, 4) is 0 Å². The van der Waals surface area contributed by atoms with E-state index in [0.717, 1.165) is 12.5 Å². The first-order valence-electron chi connectivity index (χ1n) is 20.9. The molecule has 0 saturated heterocycles. The number of hydrogen-bond donors (Lipinski definition) is 3. The van der Waals surface area contributed by atoms with E-state index in [2.05, 4.69) is 31.4 Å². The van der Waals surface area contributed by atoms with Gasteiger partial charge in [-0.25, -0.2) is 18.2 Å². The van der Waals surface area contributed by atoms with Crippen molar-refractivity contribution in [3.63, 3.8) is 0 Å². The highest BCUT2D eigenvalue weighted by Gasteiger charge is 2.49. The van der Waals surface area contributed by atoms with E-state index >= 15 is 8.78 Å². The summed E-state index contributed by atoms with van der Waals surface area (Å²) in [6, 6.07) is -0.590. The Labute approximate surface area is 345 Å². The number of likely N-dealkylation sites (N-methyl/N-ethyl adjacent to an activating group) is 1. The number of rotatable bonds is 19. The van der Waals surface area contributed by atoms with Gasteiger partial charge in [-0.2, -0.15) is 0 Å². The molecule has 0 radical (unpaired) electrons. The van der Waals surface area contributed by atoms with Gasteiger partial charge in [0.15, 0.2) is 0 Å². The molecule has 5 unspecified atom stereocenters. The highest BCUT2D eigenvalue weighted by Crippen LogP contribution is 2.41. The maximum atomic E-state index is 15.9. The van der Waals surface area contributed by atoms with E-state index in [-0.39, 0.29) is 54.5 Å². The zero-order valence-electron chi connectivity index (χ0n) is 36.8. The van der Waals surface area contributed by atoms with Crippen LogP contribution in [-0.4, -0.2) is 109 Å². The number of alkyl halides is 2. The number of carbonyl (C=O) groups excluding carboxylic acids is 2. The number of carbonyl (C=O) groups is 2. The van der Waals surface area contributed by atoms with Gasteiger partial charge in [-0.3, -0.25) is 24.9 Å². The molecule has 3 N–H and O–H groups in total. The Balaban J connectivity index is 2.15. The molecule has 0 saturated carbocycles. The Bertz CT molecular complexity index is 1650. The number of hydrogen-bond acceptors (Lipinski definition) is 8. The monoisotopic (exact) mass is 818 g/mol. The van der Waals surface area contributed by atoms with Crippen LogP contribution < -0.4 is 10.6 Å². The van der Waals surface area contributed by atoms with Crippen LogP contribution in [0.2, 0.25) is 0 Å². The van der Waals surface area contributed by atoms with E-state index < -0.39 is 53.8 Å². The molecule has 13 heteroatoms. The van der Waals surface area contributed by atoms with Gasteiger partial charge in [0, 0.05) is 31.0 Å². The van der Waals surface area contributed by atoms with Crippen molar-refractivity contribution in [1.29, 1.82) is 0 Å². The van der Waals surface area contributed by atoms with Gasteiger partial charge in [0.05, 0.1) is 55.9 Å². The molecule has 0 spiro atoms. The number of aliphatic imine (C=N–C) groups is 1. The summed E-state index contributed by atoms with van der Waals surface area (Å²) in [7, 11) is 3.25. The Morgan fingerprint density at radius 1 is 1.19 bits per heavy atom. The second-order valence-corrected chi connectivity index (χ2v) is 17.2. The zero-order chi connectivity index (χ0) is 43.4. The first-order valence-corrected chi connectivity index (χ1v) is 20.9. The Morgan fingerprint density at radius 2 is 1.90 bits per heavy atom. The Morgan fingerprint density at radius 3 is 2.47 bits per heavy atom. The molecular weight excluding hydrogens is 748 g/mol. The van der Waals surface area contributed by atoms with E-state index in [9.17, 15) is 19.1 Å². The Kier molecular flexibility index (Phi) is 18.4. The highest BCUT2D eigenvalue weighted by atomic mass is 19.1. The van der Waals surface area contributed by atoms with E-state index in [1.807, 2.05) is 39.8 Å². The number of halogens is 3. The molecule has 0 aromatic carbocycles. The number of aliphatic hydroxyl groups is 1. The molecule has 58 heavy (non-hydrogen) atoms. The average molecular weight is 818 g/mol. The van der Waals surface area contributed by atoms with Crippen molar-refractivity contribution >= 4 is 17.5 Å². The SMILES string of the molecule is CCCC(COC)OC1CC=C(CN2C(=O)C(C(=O)NC(/C=C\CC(C)(C)C)=C(/CC)C3=NCNC(C(C)(C)F)C=C3)=C(CO)C(CC)(CCC)N2C)C(F)=CC1F. The van der Waals surface area contributed by atoms with Crippen molar-refractivity contribution in [3.05, 3.63) is 70.3 Å². The number of ether oxygens (including phenoxy) is 2. The summed E-state index contributed by atoms with van der Waals surface area (Å²) in [4.78, 5) is 34.2. The molecule has 3 aliphatic rings. The van der Waals surface area contributed by atoms with Crippen LogP contribution in [0.25, 0.3) is 0 Å². The van der Waals surface area contributed by atoms with Crippen LogP contribution in [0.1, 0.15) is 114 Å². The van der Waals surface area contributed by atoms with E-state index in [1.165, 1.54) is 18.9 Å². The quantitative estimate of drug-likeness (QED) is 0.0893. The van der Waals surface area contributed by atoms with Crippen molar-refractivity contribution < 1.29 is 37.3 Å². The van der Waals surface area contributed by atoms with Crippen LogP contribution in [0.3, 0.4) is 0 Å². The van der Waals surface area contributed by atoms with E-state index in [4.69, 9.17) is 14.5 Å². The molecule has 5 atom stereocenters. The number of allylic oxidation sites excluding steroid dienone is 4. The molecule has 10 nitrogen and oxygen atoms in total. The van der Waals surface area contributed by atoms with Crippen LogP contribution >= 0.6 is 0 Å². The van der Waals surface area contributed by atoms with Gasteiger partial charge in [0.25, 0.3) is 11.8 Å². The summed E-state index contributed by atoms with van der Waals surface area (Å²) in [6.07, 6.45) is 10.8. The average Bonchev–Trinajstić information content (AvgIpc) is 3.47. The zero-order valence-corrected chi connectivity index (χ0v) is 36.8. The third kappa shape index (κ3) is 12.3. The Hall–Kier alpha value is -3.36. The molecule has 2 amide bonds. The van der Waals surface area contributed by atoms with Crippen molar-refractivity contribution in [2.24, 2.45) is 10.4 Å². The molecule has 326 valence electrons. The number of amides is 2. The van der Waals surface area contributed by atoms with Gasteiger partial charge in [0.1, 0.15) is 23.2 Å². The molecular formula is C45H70F3N5O5. The second kappa shape index (κ2) is 21.8. The lowest BCUT2D eigenvalue weighted by Crippen LogP contribution is -2.64. The number of nitrogens with zero attached hydrogens (tertiary/aromatic N) is 3. The molecule has 0 bridgehead atoms. The molecule has 3 rings (SSSR count). The predicted octanol–water partition coefficient (Wildman–Crippen LogP) is 8.08. The normalized spacial score (nSPS) is 24.9. The van der Waals surface area contributed by atoms with Gasteiger partial charge in [-0.05, 0) is 81.6 Å². The van der Waals surface area contributed by atoms with Gasteiger partial charge < -0.3 is 19.9 Å². The van der Waals surface area contributed by atoms with Crippen molar-refractivity contribution in [2.75, 3.05) is 40.6 Å². The highest BCUT2D eigenvalue weighted by molar-refractivity contribution is 6.20. The summed E-state index contributed by atoms with van der Waals surface area (Å²) >= 11 is 0. The molecule has 1 aliphatic carbocycles. The molecule has 0 aromatic rings. The minimum absolute atomic E-state index is 0.0569. The summed E-state index contributed by atoms with van der Waals surface area (Å²) in [5.74, 6) is -2.27.